The zero-order valence-electron chi connectivity index (χ0n) is 16.3. The van der Waals surface area contributed by atoms with Crippen molar-refractivity contribution in [3.8, 4) is 5.88 Å². The maximum atomic E-state index is 6.18. The minimum Gasteiger partial charge on any atom is -0.470 e. The molecule has 0 amide bonds. The lowest BCUT2D eigenvalue weighted by Crippen LogP contribution is -2.31. The van der Waals surface area contributed by atoms with Crippen molar-refractivity contribution in [3.05, 3.63) is 47.8 Å². The molecular formula is C21H30N4O. The van der Waals surface area contributed by atoms with Gasteiger partial charge in [0.2, 0.25) is 5.88 Å². The maximum absolute atomic E-state index is 6.18. The highest BCUT2D eigenvalue weighted by molar-refractivity contribution is 5.58. The van der Waals surface area contributed by atoms with Gasteiger partial charge in [0.15, 0.2) is 0 Å². The molecule has 0 spiro atoms. The molecule has 0 bridgehead atoms. The van der Waals surface area contributed by atoms with Gasteiger partial charge in [0.25, 0.3) is 0 Å². The van der Waals surface area contributed by atoms with E-state index in [2.05, 4.69) is 72.1 Å². The van der Waals surface area contributed by atoms with E-state index in [4.69, 9.17) is 4.74 Å². The number of aromatic nitrogens is 2. The number of rotatable bonds is 8. The fourth-order valence-corrected chi connectivity index (χ4v) is 3.78. The number of hydrogen-bond donors (Lipinski definition) is 1. The van der Waals surface area contributed by atoms with Crippen LogP contribution >= 0.6 is 0 Å². The van der Waals surface area contributed by atoms with Gasteiger partial charge in [-0.2, -0.15) is 0 Å². The summed E-state index contributed by atoms with van der Waals surface area (Å²) in [5.74, 6) is 1.71. The van der Waals surface area contributed by atoms with Crippen molar-refractivity contribution in [3.63, 3.8) is 0 Å². The Bertz CT molecular complexity index is 713. The normalized spacial score (nSPS) is 17.8. The maximum Gasteiger partial charge on any atom is 0.223 e. The minimum atomic E-state index is -0.350. The highest BCUT2D eigenvalue weighted by Gasteiger charge is 2.45. The van der Waals surface area contributed by atoms with Gasteiger partial charge in [0, 0.05) is 6.54 Å². The third-order valence-corrected chi connectivity index (χ3v) is 5.16. The monoisotopic (exact) mass is 354 g/mol. The van der Waals surface area contributed by atoms with Crippen LogP contribution in [0.15, 0.2) is 36.7 Å². The Morgan fingerprint density at radius 2 is 1.85 bits per heavy atom. The first kappa shape index (κ1) is 18.6. The van der Waals surface area contributed by atoms with Crippen LogP contribution in [0.1, 0.15) is 51.2 Å². The van der Waals surface area contributed by atoms with Crippen LogP contribution in [-0.2, 0) is 0 Å². The summed E-state index contributed by atoms with van der Waals surface area (Å²) in [5, 5.41) is 3.53. The summed E-state index contributed by atoms with van der Waals surface area (Å²) < 4.78 is 6.18. The van der Waals surface area contributed by atoms with Crippen molar-refractivity contribution in [1.29, 1.82) is 0 Å². The number of ether oxygens (including phenoxy) is 1. The molecule has 5 heteroatoms. The number of hydrogen-bond acceptors (Lipinski definition) is 5. The molecule has 1 atom stereocenters. The molecule has 1 N–H and O–H groups in total. The summed E-state index contributed by atoms with van der Waals surface area (Å²) in [6, 6.07) is 10.5. The third kappa shape index (κ3) is 3.83. The molecule has 0 aliphatic carbocycles. The average Bonchev–Trinajstić information content (AvgIpc) is 2.93. The fourth-order valence-electron chi connectivity index (χ4n) is 3.78. The molecule has 0 radical (unpaired) electrons. The zero-order valence-corrected chi connectivity index (χ0v) is 16.3. The summed E-state index contributed by atoms with van der Waals surface area (Å²) in [6.45, 7) is 12.8. The lowest BCUT2D eigenvalue weighted by molar-refractivity contribution is 0.117. The van der Waals surface area contributed by atoms with Gasteiger partial charge in [0.1, 0.15) is 17.7 Å². The second-order valence-corrected chi connectivity index (χ2v) is 7.30. The van der Waals surface area contributed by atoms with Crippen LogP contribution in [0.3, 0.4) is 0 Å². The molecule has 2 aromatic rings. The minimum absolute atomic E-state index is 0.116. The molecule has 5 nitrogen and oxygen atoms in total. The van der Waals surface area contributed by atoms with E-state index in [1.165, 1.54) is 5.56 Å². The van der Waals surface area contributed by atoms with E-state index in [0.717, 1.165) is 44.0 Å². The Kier molecular flexibility index (Phi) is 5.77. The SMILES string of the molecule is CCN(CC)CCCNc1ncnc2c1C(c1ccccc1)C(C)(C)O2. The number of fused-ring (bicyclic) bond motifs is 1. The smallest absolute Gasteiger partial charge is 0.223 e. The lowest BCUT2D eigenvalue weighted by Gasteiger charge is -2.26. The molecule has 0 saturated heterocycles. The summed E-state index contributed by atoms with van der Waals surface area (Å²) in [7, 11) is 0. The summed E-state index contributed by atoms with van der Waals surface area (Å²) in [4.78, 5) is 11.4. The van der Waals surface area contributed by atoms with E-state index in [9.17, 15) is 0 Å². The van der Waals surface area contributed by atoms with E-state index < -0.39 is 0 Å². The molecule has 2 heterocycles. The second kappa shape index (κ2) is 8.04. The molecule has 0 fully saturated rings. The first-order chi connectivity index (χ1) is 12.6. The molecule has 140 valence electrons. The quantitative estimate of drug-likeness (QED) is 0.728. The average molecular weight is 354 g/mol. The largest absolute Gasteiger partial charge is 0.470 e. The summed E-state index contributed by atoms with van der Waals surface area (Å²) >= 11 is 0. The molecule has 1 aromatic heterocycles. The van der Waals surface area contributed by atoms with Crippen molar-refractivity contribution in [2.24, 2.45) is 0 Å². The number of benzene rings is 1. The Morgan fingerprint density at radius 3 is 2.54 bits per heavy atom. The van der Waals surface area contributed by atoms with Crippen molar-refractivity contribution >= 4 is 5.82 Å². The summed E-state index contributed by atoms with van der Waals surface area (Å²) in [5.41, 5.74) is 1.96. The van der Waals surface area contributed by atoms with E-state index in [-0.39, 0.29) is 11.5 Å². The third-order valence-electron chi connectivity index (χ3n) is 5.16. The Labute approximate surface area is 156 Å². The second-order valence-electron chi connectivity index (χ2n) is 7.30. The Balaban J connectivity index is 1.79. The predicted octanol–water partition coefficient (Wildman–Crippen LogP) is 3.92. The summed E-state index contributed by atoms with van der Waals surface area (Å²) in [6.07, 6.45) is 2.68. The van der Waals surface area contributed by atoms with E-state index >= 15 is 0 Å². The van der Waals surface area contributed by atoms with Crippen molar-refractivity contribution in [2.45, 2.75) is 45.6 Å². The zero-order chi connectivity index (χ0) is 18.6. The van der Waals surface area contributed by atoms with Crippen molar-refractivity contribution in [2.75, 3.05) is 31.5 Å². The van der Waals surface area contributed by atoms with Crippen LogP contribution in [-0.4, -0.2) is 46.6 Å². The van der Waals surface area contributed by atoms with Gasteiger partial charge in [-0.3, -0.25) is 0 Å². The van der Waals surface area contributed by atoms with Crippen LogP contribution < -0.4 is 10.1 Å². The van der Waals surface area contributed by atoms with Gasteiger partial charge in [-0.15, -0.1) is 0 Å². The van der Waals surface area contributed by atoms with Crippen molar-refractivity contribution in [1.82, 2.24) is 14.9 Å². The highest BCUT2D eigenvalue weighted by atomic mass is 16.5. The van der Waals surface area contributed by atoms with Gasteiger partial charge in [-0.05, 0) is 45.5 Å². The molecule has 1 aromatic carbocycles. The number of anilines is 1. The van der Waals surface area contributed by atoms with Crippen LogP contribution in [0, 0.1) is 0 Å². The van der Waals surface area contributed by atoms with Gasteiger partial charge in [-0.25, -0.2) is 9.97 Å². The van der Waals surface area contributed by atoms with Gasteiger partial charge in [0.05, 0.1) is 11.5 Å². The molecule has 1 aliphatic heterocycles. The Hall–Kier alpha value is -2.14. The number of nitrogens with zero attached hydrogens (tertiary/aromatic N) is 3. The molecule has 3 rings (SSSR count). The molecular weight excluding hydrogens is 324 g/mol. The number of nitrogens with one attached hydrogen (secondary N) is 1. The molecule has 1 unspecified atom stereocenters. The lowest BCUT2D eigenvalue weighted by atomic mass is 9.82. The van der Waals surface area contributed by atoms with Crippen LogP contribution in [0.2, 0.25) is 0 Å². The van der Waals surface area contributed by atoms with E-state index in [1.807, 2.05) is 6.07 Å². The van der Waals surface area contributed by atoms with E-state index in [0.29, 0.717) is 5.88 Å². The first-order valence-electron chi connectivity index (χ1n) is 9.62. The van der Waals surface area contributed by atoms with Crippen LogP contribution in [0.25, 0.3) is 0 Å². The molecule has 26 heavy (non-hydrogen) atoms. The molecule has 1 aliphatic rings. The van der Waals surface area contributed by atoms with Gasteiger partial charge >= 0.3 is 0 Å². The van der Waals surface area contributed by atoms with E-state index in [1.54, 1.807) is 6.33 Å². The van der Waals surface area contributed by atoms with Crippen molar-refractivity contribution < 1.29 is 4.74 Å². The van der Waals surface area contributed by atoms with Crippen LogP contribution in [0.4, 0.5) is 5.82 Å². The standard InChI is InChI=1S/C21H30N4O/c1-5-25(6-2)14-10-13-22-19-17-18(16-11-8-7-9-12-16)21(3,4)26-20(17)24-15-23-19/h7-9,11-12,15,18H,5-6,10,13-14H2,1-4H3,(H,22,23,24). The Morgan fingerprint density at radius 1 is 1.12 bits per heavy atom. The topological polar surface area (TPSA) is 50.3 Å². The first-order valence-corrected chi connectivity index (χ1v) is 9.62. The fraction of sp³-hybridized carbons (Fsp3) is 0.524. The molecule has 0 saturated carbocycles. The van der Waals surface area contributed by atoms with Gasteiger partial charge < -0.3 is 15.0 Å². The van der Waals surface area contributed by atoms with Crippen LogP contribution in [0.5, 0.6) is 5.88 Å². The predicted molar refractivity (Wildman–Crippen MR) is 106 cm³/mol. The highest BCUT2D eigenvalue weighted by Crippen LogP contribution is 2.49. The van der Waals surface area contributed by atoms with Gasteiger partial charge in [-0.1, -0.05) is 44.2 Å².